The predicted octanol–water partition coefficient (Wildman–Crippen LogP) is 4.97. The summed E-state index contributed by atoms with van der Waals surface area (Å²) in [7, 11) is 0. The van der Waals surface area contributed by atoms with E-state index in [1.165, 1.54) is 6.33 Å². The van der Waals surface area contributed by atoms with Gasteiger partial charge in [0, 0.05) is 30.4 Å². The third-order valence-corrected chi connectivity index (χ3v) is 7.14. The number of fused-ring (bicyclic) bond motifs is 2. The second-order valence-corrected chi connectivity index (χ2v) is 10.0. The van der Waals surface area contributed by atoms with E-state index in [1.807, 2.05) is 56.3 Å². The molecule has 0 saturated carbocycles. The quantitative estimate of drug-likeness (QED) is 0.256. The number of H-pyrrole nitrogens is 1. The van der Waals surface area contributed by atoms with Crippen LogP contribution in [-0.2, 0) is 0 Å². The Morgan fingerprint density at radius 3 is 2.62 bits per heavy atom. The lowest BCUT2D eigenvalue weighted by molar-refractivity contribution is 0.475. The number of rotatable bonds is 6. The topological polar surface area (TPSA) is 152 Å². The summed E-state index contributed by atoms with van der Waals surface area (Å²) in [4.78, 5) is 26.0. The van der Waals surface area contributed by atoms with Gasteiger partial charge >= 0.3 is 0 Å². The first-order chi connectivity index (χ1) is 20.4. The van der Waals surface area contributed by atoms with Crippen molar-refractivity contribution in [3.63, 3.8) is 0 Å². The van der Waals surface area contributed by atoms with Gasteiger partial charge in [-0.05, 0) is 61.4 Å². The number of phenolic OH excluding ortho intramolecular Hbond substituents is 1. The molecular weight excluding hydrogens is 534 g/mol. The first-order valence-corrected chi connectivity index (χ1v) is 13.3. The highest BCUT2D eigenvalue weighted by molar-refractivity contribution is 6.01. The number of nitrogens with zero attached hydrogens (tertiary/aromatic N) is 7. The fourth-order valence-electron chi connectivity index (χ4n) is 5.21. The summed E-state index contributed by atoms with van der Waals surface area (Å²) >= 11 is 0. The number of aromatic amines is 1. The number of anilines is 1. The smallest absolute Gasteiger partial charge is 0.282 e. The average Bonchev–Trinajstić information content (AvgIpc) is 3.72. The fourth-order valence-corrected chi connectivity index (χ4v) is 5.21. The monoisotopic (exact) mass is 559 g/mol. The van der Waals surface area contributed by atoms with Crippen molar-refractivity contribution >= 4 is 22.4 Å². The van der Waals surface area contributed by atoms with Gasteiger partial charge in [0.25, 0.3) is 5.56 Å². The normalized spacial score (nSPS) is 12.3. The Balaban J connectivity index is 1.35. The van der Waals surface area contributed by atoms with Gasteiger partial charge < -0.3 is 19.8 Å². The summed E-state index contributed by atoms with van der Waals surface area (Å²) in [5.74, 6) is 1.79. The van der Waals surface area contributed by atoms with Crippen molar-refractivity contribution in [1.82, 2.24) is 39.3 Å². The minimum absolute atomic E-state index is 0.0406. The molecular formula is C30H25N9O3. The van der Waals surface area contributed by atoms with E-state index in [1.54, 1.807) is 40.5 Å². The number of aryl methyl sites for hydroxylation is 2. The molecule has 7 rings (SSSR count). The van der Waals surface area contributed by atoms with Crippen LogP contribution in [0.15, 0.2) is 82.5 Å². The highest BCUT2D eigenvalue weighted by Crippen LogP contribution is 2.37. The van der Waals surface area contributed by atoms with Gasteiger partial charge in [-0.25, -0.2) is 14.5 Å². The summed E-state index contributed by atoms with van der Waals surface area (Å²) in [6.07, 6.45) is 5.05. The van der Waals surface area contributed by atoms with E-state index in [2.05, 4.69) is 30.5 Å². The maximum atomic E-state index is 13.8. The number of phenols is 1. The van der Waals surface area contributed by atoms with Crippen LogP contribution in [0.3, 0.4) is 0 Å². The Morgan fingerprint density at radius 1 is 1.02 bits per heavy atom. The van der Waals surface area contributed by atoms with Crippen LogP contribution in [0.5, 0.6) is 5.75 Å². The maximum Gasteiger partial charge on any atom is 0.282 e. The number of hydrogen-bond donors (Lipinski definition) is 3. The zero-order valence-corrected chi connectivity index (χ0v) is 22.9. The van der Waals surface area contributed by atoms with Gasteiger partial charge in [-0.1, -0.05) is 18.2 Å². The van der Waals surface area contributed by atoms with Gasteiger partial charge in [0.05, 0.1) is 17.1 Å². The summed E-state index contributed by atoms with van der Waals surface area (Å²) in [6.45, 7) is 5.53. The second-order valence-electron chi connectivity index (χ2n) is 10.0. The molecule has 0 saturated heterocycles. The number of para-hydroxylation sites is 1. The van der Waals surface area contributed by atoms with E-state index >= 15 is 0 Å². The van der Waals surface area contributed by atoms with Crippen molar-refractivity contribution < 1.29 is 9.52 Å². The van der Waals surface area contributed by atoms with E-state index in [0.29, 0.717) is 56.8 Å². The van der Waals surface area contributed by atoms with Gasteiger partial charge in [-0.15, -0.1) is 10.2 Å². The summed E-state index contributed by atoms with van der Waals surface area (Å²) < 4.78 is 8.83. The number of nitrogens with one attached hydrogen (secondary N) is 2. The van der Waals surface area contributed by atoms with E-state index in [0.717, 1.165) is 11.1 Å². The highest BCUT2D eigenvalue weighted by Gasteiger charge is 2.22. The van der Waals surface area contributed by atoms with Crippen molar-refractivity contribution in [3.8, 4) is 34.0 Å². The minimum Gasteiger partial charge on any atom is -0.508 e. The van der Waals surface area contributed by atoms with E-state index in [-0.39, 0.29) is 11.3 Å². The third-order valence-electron chi connectivity index (χ3n) is 7.14. The lowest BCUT2D eigenvalue weighted by Crippen LogP contribution is -2.29. The Bertz CT molecular complexity index is 2160. The zero-order chi connectivity index (χ0) is 29.0. The molecule has 0 fully saturated rings. The first-order valence-electron chi connectivity index (χ1n) is 13.3. The van der Waals surface area contributed by atoms with Gasteiger partial charge in [0.1, 0.15) is 29.1 Å². The number of benzene rings is 2. The Hall–Kier alpha value is -5.78. The molecule has 0 aliphatic carbocycles. The van der Waals surface area contributed by atoms with Crippen molar-refractivity contribution in [2.75, 3.05) is 5.32 Å². The minimum atomic E-state index is -0.452. The van der Waals surface area contributed by atoms with Crippen LogP contribution in [0.4, 0.5) is 5.82 Å². The molecule has 0 amide bonds. The largest absolute Gasteiger partial charge is 0.508 e. The van der Waals surface area contributed by atoms with Crippen molar-refractivity contribution in [2.45, 2.75) is 26.8 Å². The number of aromatic nitrogens is 8. The van der Waals surface area contributed by atoms with Crippen LogP contribution < -0.4 is 10.9 Å². The summed E-state index contributed by atoms with van der Waals surface area (Å²) in [6, 6.07) is 15.9. The predicted molar refractivity (Wildman–Crippen MR) is 157 cm³/mol. The Kier molecular flexibility index (Phi) is 5.82. The third kappa shape index (κ3) is 4.17. The molecule has 42 heavy (non-hydrogen) atoms. The van der Waals surface area contributed by atoms with E-state index < -0.39 is 6.04 Å². The molecule has 7 aromatic rings. The van der Waals surface area contributed by atoms with Gasteiger partial charge in [0.15, 0.2) is 5.82 Å². The molecule has 1 unspecified atom stereocenters. The van der Waals surface area contributed by atoms with Crippen molar-refractivity contribution in [2.24, 2.45) is 0 Å². The van der Waals surface area contributed by atoms with Crippen LogP contribution in [-0.4, -0.2) is 44.4 Å². The molecule has 1 atom stereocenters. The van der Waals surface area contributed by atoms with Gasteiger partial charge in [-0.2, -0.15) is 5.10 Å². The molecule has 0 spiro atoms. The standard InChI is InChI=1S/C30H25N9O3/c1-16-9-10-38-25(16)30(41)39(21-7-5-4-6-8-21)28(37-38)17(2)34-27-24-23(14-31-26(24)32-15-33-27)19-11-20(13-22(40)12-19)29-36-35-18(3)42-29/h4-15,17,40H,1-3H3,(H2,31,32,33,34). The van der Waals surface area contributed by atoms with Crippen molar-refractivity contribution in [3.05, 3.63) is 101 Å². The Labute approximate surface area is 238 Å². The molecule has 2 aromatic carbocycles. The molecule has 0 aliphatic rings. The van der Waals surface area contributed by atoms with Crippen LogP contribution in [0.1, 0.15) is 30.2 Å². The molecule has 0 radical (unpaired) electrons. The maximum absolute atomic E-state index is 13.8. The molecule has 12 heteroatoms. The van der Waals surface area contributed by atoms with Gasteiger partial charge in [-0.3, -0.25) is 9.36 Å². The number of hydrogen-bond acceptors (Lipinski definition) is 9. The first kappa shape index (κ1) is 25.2. The highest BCUT2D eigenvalue weighted by atomic mass is 16.4. The fraction of sp³-hybridized carbons (Fsp3) is 0.133. The lowest BCUT2D eigenvalue weighted by atomic mass is 10.0. The molecule has 12 nitrogen and oxygen atoms in total. The van der Waals surface area contributed by atoms with Crippen LogP contribution >= 0.6 is 0 Å². The molecule has 208 valence electrons. The molecule has 0 bridgehead atoms. The van der Waals surface area contributed by atoms with Crippen molar-refractivity contribution in [1.29, 1.82) is 0 Å². The van der Waals surface area contributed by atoms with E-state index in [9.17, 15) is 9.90 Å². The zero-order valence-electron chi connectivity index (χ0n) is 22.9. The molecule has 5 heterocycles. The lowest BCUT2D eigenvalue weighted by Gasteiger charge is -2.20. The van der Waals surface area contributed by atoms with Crippen LogP contribution in [0.25, 0.3) is 44.8 Å². The summed E-state index contributed by atoms with van der Waals surface area (Å²) in [5.41, 5.74) is 4.52. The molecule has 0 aliphatic heterocycles. The average molecular weight is 560 g/mol. The Morgan fingerprint density at radius 2 is 1.83 bits per heavy atom. The summed E-state index contributed by atoms with van der Waals surface area (Å²) in [5, 5.41) is 27.6. The molecule has 5 aromatic heterocycles. The SMILES string of the molecule is Cc1nnc(-c2cc(O)cc(-c3c[nH]c4ncnc(NC(C)c5nn6ccc(C)c6c(=O)n5-c5ccccc5)c34)c2)o1. The second kappa shape index (κ2) is 9.70. The number of aromatic hydroxyl groups is 1. The molecule has 3 N–H and O–H groups in total. The van der Waals surface area contributed by atoms with Gasteiger partial charge in [0.2, 0.25) is 11.8 Å². The van der Waals surface area contributed by atoms with Crippen LogP contribution in [0.2, 0.25) is 0 Å². The van der Waals surface area contributed by atoms with E-state index in [4.69, 9.17) is 9.52 Å². The van der Waals surface area contributed by atoms with Crippen LogP contribution in [0, 0.1) is 13.8 Å².